The van der Waals surface area contributed by atoms with Crippen molar-refractivity contribution in [2.24, 2.45) is 0 Å². The van der Waals surface area contributed by atoms with E-state index in [0.29, 0.717) is 23.0 Å². The predicted molar refractivity (Wildman–Crippen MR) is 102 cm³/mol. The summed E-state index contributed by atoms with van der Waals surface area (Å²) >= 11 is 0. The number of hydrogen-bond acceptors (Lipinski definition) is 5. The third-order valence-corrected chi connectivity index (χ3v) is 4.11. The molecule has 2 aromatic rings. The Hall–Kier alpha value is -3.42. The molecule has 2 aromatic carbocycles. The SMILES string of the molecule is O=C(CCNc1ccccc1[N+](=O)[O-])Nc1ccc(C(=O)NC2CC2)cc1. The lowest BCUT2D eigenvalue weighted by Crippen LogP contribution is -2.25. The fourth-order valence-corrected chi connectivity index (χ4v) is 2.52. The van der Waals surface area contributed by atoms with Gasteiger partial charge in [0.2, 0.25) is 5.91 Å². The van der Waals surface area contributed by atoms with E-state index < -0.39 is 4.92 Å². The first-order chi connectivity index (χ1) is 13.0. The Morgan fingerprint density at radius 1 is 1.07 bits per heavy atom. The molecular formula is C19H20N4O4. The van der Waals surface area contributed by atoms with Gasteiger partial charge in [0.15, 0.2) is 0 Å². The van der Waals surface area contributed by atoms with Gasteiger partial charge in [-0.25, -0.2) is 0 Å². The summed E-state index contributed by atoms with van der Waals surface area (Å²) < 4.78 is 0. The number of carbonyl (C=O) groups excluding carboxylic acids is 2. The van der Waals surface area contributed by atoms with Crippen molar-refractivity contribution in [3.63, 3.8) is 0 Å². The summed E-state index contributed by atoms with van der Waals surface area (Å²) in [5, 5.41) is 19.5. The van der Waals surface area contributed by atoms with E-state index in [1.165, 1.54) is 6.07 Å². The molecule has 2 amide bonds. The number of benzene rings is 2. The van der Waals surface area contributed by atoms with Gasteiger partial charge in [-0.05, 0) is 43.2 Å². The Balaban J connectivity index is 1.46. The van der Waals surface area contributed by atoms with Crippen LogP contribution >= 0.6 is 0 Å². The average molecular weight is 368 g/mol. The number of nitrogens with zero attached hydrogens (tertiary/aromatic N) is 1. The smallest absolute Gasteiger partial charge is 0.292 e. The number of hydrogen-bond donors (Lipinski definition) is 3. The summed E-state index contributed by atoms with van der Waals surface area (Å²) in [6.45, 7) is 0.262. The predicted octanol–water partition coefficient (Wildman–Crippen LogP) is 2.93. The first-order valence-corrected chi connectivity index (χ1v) is 8.71. The van der Waals surface area contributed by atoms with Crippen molar-refractivity contribution >= 4 is 28.9 Å². The minimum atomic E-state index is -0.469. The van der Waals surface area contributed by atoms with Crippen LogP contribution in [0.15, 0.2) is 48.5 Å². The van der Waals surface area contributed by atoms with Crippen LogP contribution in [-0.4, -0.2) is 29.3 Å². The molecule has 0 aliphatic heterocycles. The van der Waals surface area contributed by atoms with E-state index in [9.17, 15) is 19.7 Å². The molecule has 8 nitrogen and oxygen atoms in total. The second-order valence-corrected chi connectivity index (χ2v) is 6.32. The maximum atomic E-state index is 12.0. The number of carbonyl (C=O) groups is 2. The van der Waals surface area contributed by atoms with Gasteiger partial charge in [0.25, 0.3) is 11.6 Å². The standard InChI is InChI=1S/C19H20N4O4/c24-18(11-12-20-16-3-1-2-4-17(16)23(26)27)21-14-7-5-13(6-8-14)19(25)22-15-9-10-15/h1-8,15,20H,9-12H2,(H,21,24)(H,22,25). The number of rotatable bonds is 8. The lowest BCUT2D eigenvalue weighted by atomic mass is 10.2. The van der Waals surface area contributed by atoms with Crippen LogP contribution in [0.2, 0.25) is 0 Å². The van der Waals surface area contributed by atoms with Crippen LogP contribution in [0, 0.1) is 10.1 Å². The first-order valence-electron chi connectivity index (χ1n) is 8.71. The van der Waals surface area contributed by atoms with Gasteiger partial charge in [-0.15, -0.1) is 0 Å². The summed E-state index contributed by atoms with van der Waals surface area (Å²) in [6.07, 6.45) is 2.20. The second-order valence-electron chi connectivity index (χ2n) is 6.32. The number of nitro benzene ring substituents is 1. The molecule has 0 unspecified atom stereocenters. The van der Waals surface area contributed by atoms with Crippen LogP contribution in [0.5, 0.6) is 0 Å². The summed E-state index contributed by atoms with van der Waals surface area (Å²) in [4.78, 5) is 34.4. The molecule has 3 rings (SSSR count). The molecule has 1 saturated carbocycles. The highest BCUT2D eigenvalue weighted by molar-refractivity contribution is 5.96. The Morgan fingerprint density at radius 3 is 2.44 bits per heavy atom. The van der Waals surface area contributed by atoms with Gasteiger partial charge >= 0.3 is 0 Å². The molecule has 27 heavy (non-hydrogen) atoms. The molecule has 0 bridgehead atoms. The van der Waals surface area contributed by atoms with Gasteiger partial charge in [0.05, 0.1) is 4.92 Å². The Bertz CT molecular complexity index is 847. The molecule has 8 heteroatoms. The normalized spacial score (nSPS) is 12.9. The second kappa shape index (κ2) is 8.31. The molecule has 3 N–H and O–H groups in total. The molecular weight excluding hydrogens is 348 g/mol. The third kappa shape index (κ3) is 5.27. The van der Waals surface area contributed by atoms with Crippen molar-refractivity contribution in [1.29, 1.82) is 0 Å². The van der Waals surface area contributed by atoms with Crippen LogP contribution in [0.1, 0.15) is 29.6 Å². The number of amides is 2. The molecule has 1 aliphatic rings. The zero-order chi connectivity index (χ0) is 19.2. The molecule has 0 heterocycles. The zero-order valence-corrected chi connectivity index (χ0v) is 14.6. The summed E-state index contributed by atoms with van der Waals surface area (Å²) in [5.74, 6) is -0.333. The third-order valence-electron chi connectivity index (χ3n) is 4.11. The van der Waals surface area contributed by atoms with E-state index in [0.717, 1.165) is 12.8 Å². The Morgan fingerprint density at radius 2 is 1.78 bits per heavy atom. The van der Waals surface area contributed by atoms with Crippen molar-refractivity contribution < 1.29 is 14.5 Å². The number of anilines is 2. The average Bonchev–Trinajstić information content (AvgIpc) is 3.46. The van der Waals surface area contributed by atoms with Crippen molar-refractivity contribution in [3.8, 4) is 0 Å². The maximum Gasteiger partial charge on any atom is 0.292 e. The maximum absolute atomic E-state index is 12.0. The Labute approximate surface area is 156 Å². The first kappa shape index (κ1) is 18.4. The number of nitrogens with one attached hydrogen (secondary N) is 3. The van der Waals surface area contributed by atoms with Gasteiger partial charge in [0.1, 0.15) is 5.69 Å². The van der Waals surface area contributed by atoms with Gasteiger partial charge in [0, 0.05) is 36.3 Å². The highest BCUT2D eigenvalue weighted by atomic mass is 16.6. The monoisotopic (exact) mass is 368 g/mol. The largest absolute Gasteiger partial charge is 0.379 e. The van der Waals surface area contributed by atoms with E-state index in [2.05, 4.69) is 16.0 Å². The summed E-state index contributed by atoms with van der Waals surface area (Å²) in [6, 6.07) is 13.3. The van der Waals surface area contributed by atoms with Gasteiger partial charge in [-0.3, -0.25) is 19.7 Å². The molecule has 1 aliphatic carbocycles. The number of nitro groups is 1. The van der Waals surface area contributed by atoms with Gasteiger partial charge in [-0.1, -0.05) is 12.1 Å². The molecule has 140 valence electrons. The summed E-state index contributed by atoms with van der Waals surface area (Å²) in [5.41, 5.74) is 1.49. The topological polar surface area (TPSA) is 113 Å². The van der Waals surface area contributed by atoms with Crippen molar-refractivity contribution in [3.05, 3.63) is 64.2 Å². The van der Waals surface area contributed by atoms with Crippen molar-refractivity contribution in [2.45, 2.75) is 25.3 Å². The van der Waals surface area contributed by atoms with Crippen LogP contribution in [0.4, 0.5) is 17.1 Å². The molecule has 0 radical (unpaired) electrons. The van der Waals surface area contributed by atoms with E-state index >= 15 is 0 Å². The van der Waals surface area contributed by atoms with Gasteiger partial charge < -0.3 is 16.0 Å². The minimum Gasteiger partial charge on any atom is -0.379 e. The van der Waals surface area contributed by atoms with Crippen LogP contribution in [0.25, 0.3) is 0 Å². The van der Waals surface area contributed by atoms with E-state index in [-0.39, 0.29) is 30.5 Å². The quantitative estimate of drug-likeness (QED) is 0.490. The molecule has 0 aromatic heterocycles. The fourth-order valence-electron chi connectivity index (χ4n) is 2.52. The lowest BCUT2D eigenvalue weighted by molar-refractivity contribution is -0.384. The van der Waals surface area contributed by atoms with E-state index in [1.54, 1.807) is 42.5 Å². The molecule has 0 atom stereocenters. The molecule has 0 saturated heterocycles. The van der Waals surface area contributed by atoms with E-state index in [1.807, 2.05) is 0 Å². The van der Waals surface area contributed by atoms with Crippen molar-refractivity contribution in [2.75, 3.05) is 17.2 Å². The molecule has 0 spiro atoms. The molecule has 1 fully saturated rings. The number of para-hydroxylation sites is 2. The zero-order valence-electron chi connectivity index (χ0n) is 14.6. The van der Waals surface area contributed by atoms with Gasteiger partial charge in [-0.2, -0.15) is 0 Å². The van der Waals surface area contributed by atoms with Crippen molar-refractivity contribution in [1.82, 2.24) is 5.32 Å². The highest BCUT2D eigenvalue weighted by Crippen LogP contribution is 2.23. The highest BCUT2D eigenvalue weighted by Gasteiger charge is 2.23. The van der Waals surface area contributed by atoms with Crippen LogP contribution < -0.4 is 16.0 Å². The Kier molecular flexibility index (Phi) is 5.65. The minimum absolute atomic E-state index is 0.0297. The van der Waals surface area contributed by atoms with E-state index in [4.69, 9.17) is 0 Å². The van der Waals surface area contributed by atoms with Crippen LogP contribution in [0.3, 0.4) is 0 Å². The summed E-state index contributed by atoms with van der Waals surface area (Å²) in [7, 11) is 0. The van der Waals surface area contributed by atoms with Crippen LogP contribution in [-0.2, 0) is 4.79 Å². The lowest BCUT2D eigenvalue weighted by Gasteiger charge is -2.09. The fraction of sp³-hybridized carbons (Fsp3) is 0.263.